The summed E-state index contributed by atoms with van der Waals surface area (Å²) in [6.07, 6.45) is 0. The molecule has 0 N–H and O–H groups in total. The molecule has 3 heterocycles. The maximum absolute atomic E-state index is 12.2. The highest BCUT2D eigenvalue weighted by molar-refractivity contribution is 8.00. The highest BCUT2D eigenvalue weighted by atomic mass is 32.2. The molecular weight excluding hydrogens is 254 g/mol. The van der Waals surface area contributed by atoms with Crippen molar-refractivity contribution >= 4 is 10.8 Å². The monoisotopic (exact) mass is 269 g/mol. The van der Waals surface area contributed by atoms with Crippen LogP contribution in [0, 0.1) is 0 Å². The van der Waals surface area contributed by atoms with Crippen LogP contribution in [0.3, 0.4) is 0 Å². The van der Waals surface area contributed by atoms with E-state index in [4.69, 9.17) is 0 Å². The summed E-state index contributed by atoms with van der Waals surface area (Å²) in [5.41, 5.74) is -2.14. The van der Waals surface area contributed by atoms with Gasteiger partial charge < -0.3 is 0 Å². The van der Waals surface area contributed by atoms with Crippen LogP contribution in [0.2, 0.25) is 0 Å². The third kappa shape index (κ3) is 0.981. The minimum atomic E-state index is -1.14. The first-order valence-electron chi connectivity index (χ1n) is 5.72. The average molecular weight is 269 g/mol. The molecule has 18 heavy (non-hydrogen) atoms. The quantitative estimate of drug-likeness (QED) is 0.655. The summed E-state index contributed by atoms with van der Waals surface area (Å²) in [4.78, 5) is 25.9. The lowest BCUT2D eigenvalue weighted by Gasteiger charge is -2.34. The van der Waals surface area contributed by atoms with Crippen LogP contribution in [0.15, 0.2) is 19.4 Å². The van der Waals surface area contributed by atoms with Gasteiger partial charge in [0.1, 0.15) is 0 Å². The van der Waals surface area contributed by atoms with Gasteiger partial charge in [-0.3, -0.25) is 0 Å². The minimum absolute atomic E-state index is 0.367. The molecular formula is C11H15N3O3S. The number of aromatic nitrogens is 3. The maximum Gasteiger partial charge on any atom is 0.347 e. The fourth-order valence-corrected chi connectivity index (χ4v) is 4.80. The van der Waals surface area contributed by atoms with Crippen molar-refractivity contribution in [3.8, 4) is 0 Å². The molecule has 0 amide bonds. The van der Waals surface area contributed by atoms with Gasteiger partial charge in [-0.15, -0.1) is 0 Å². The van der Waals surface area contributed by atoms with Crippen molar-refractivity contribution in [2.75, 3.05) is 0 Å². The van der Waals surface area contributed by atoms with Crippen molar-refractivity contribution in [3.63, 3.8) is 0 Å². The van der Waals surface area contributed by atoms with E-state index in [9.17, 15) is 13.8 Å². The fraction of sp³-hybridized carbons (Fsp3) is 0.636. The molecule has 0 unspecified atom stereocenters. The van der Waals surface area contributed by atoms with Crippen LogP contribution in [0.5, 0.6) is 0 Å². The Kier molecular flexibility index (Phi) is 1.81. The number of nitrogens with zero attached hydrogens (tertiary/aromatic N) is 3. The van der Waals surface area contributed by atoms with Crippen LogP contribution >= 0.6 is 0 Å². The van der Waals surface area contributed by atoms with Gasteiger partial charge in [0.05, 0.1) is 31.7 Å². The molecule has 1 aromatic heterocycles. The van der Waals surface area contributed by atoms with E-state index >= 15 is 0 Å². The molecule has 0 saturated heterocycles. The number of rotatable bonds is 0. The molecule has 7 heteroatoms. The van der Waals surface area contributed by atoms with Gasteiger partial charge >= 0.3 is 11.4 Å². The van der Waals surface area contributed by atoms with Crippen molar-refractivity contribution < 1.29 is 4.21 Å². The molecule has 1 aromatic rings. The van der Waals surface area contributed by atoms with Crippen molar-refractivity contribution in [2.24, 2.45) is 7.05 Å². The van der Waals surface area contributed by atoms with E-state index < -0.39 is 21.9 Å². The van der Waals surface area contributed by atoms with Crippen molar-refractivity contribution in [1.82, 2.24) is 13.9 Å². The topological polar surface area (TPSA) is 66.0 Å². The maximum atomic E-state index is 12.2. The molecule has 6 nitrogen and oxygen atoms in total. The highest BCUT2D eigenvalue weighted by Crippen LogP contribution is 2.54. The number of hydrogen-bond donors (Lipinski definition) is 0. The van der Waals surface area contributed by atoms with Crippen molar-refractivity contribution in [1.29, 1.82) is 0 Å². The van der Waals surface area contributed by atoms with Gasteiger partial charge in [0.2, 0.25) is 0 Å². The van der Waals surface area contributed by atoms with E-state index in [1.165, 1.54) is 16.4 Å². The first kappa shape index (κ1) is 11.7. The summed E-state index contributed by atoms with van der Waals surface area (Å²) >= 11 is 0. The molecule has 0 spiro atoms. The number of fused-ring (bicyclic) bond motifs is 1. The Balaban J connectivity index is 2.51. The first-order valence-corrected chi connectivity index (χ1v) is 6.87. The molecule has 0 radical (unpaired) electrons. The van der Waals surface area contributed by atoms with Gasteiger partial charge in [-0.1, -0.05) is 0 Å². The molecule has 0 atom stereocenters. The zero-order valence-corrected chi connectivity index (χ0v) is 11.8. The van der Waals surface area contributed by atoms with Crippen molar-refractivity contribution in [2.45, 2.75) is 38.8 Å². The van der Waals surface area contributed by atoms with Crippen molar-refractivity contribution in [3.05, 3.63) is 30.8 Å². The SMILES string of the molecule is Cn1c(=O)n2n(c1=O)C(C)(C)C1=C(S1=O)C2(C)C. The molecule has 3 rings (SSSR count). The van der Waals surface area contributed by atoms with E-state index in [1.54, 1.807) is 0 Å². The molecule has 0 saturated carbocycles. The summed E-state index contributed by atoms with van der Waals surface area (Å²) in [6, 6.07) is 0. The lowest BCUT2D eigenvalue weighted by atomic mass is 9.95. The van der Waals surface area contributed by atoms with Gasteiger partial charge in [0, 0.05) is 7.05 Å². The Labute approximate surface area is 106 Å². The summed E-state index contributed by atoms with van der Waals surface area (Å²) in [5, 5.41) is 0. The van der Waals surface area contributed by atoms with E-state index in [0.29, 0.717) is 0 Å². The predicted octanol–water partition coefficient (Wildman–Crippen LogP) is -0.194. The molecule has 0 aliphatic carbocycles. The van der Waals surface area contributed by atoms with Crippen LogP contribution in [0.1, 0.15) is 27.7 Å². The average Bonchev–Trinajstić information content (AvgIpc) is 2.89. The van der Waals surface area contributed by atoms with Crippen LogP contribution in [0.25, 0.3) is 0 Å². The second-order valence-electron chi connectivity index (χ2n) is 5.79. The number of hydrogen-bond acceptors (Lipinski definition) is 3. The second-order valence-corrected chi connectivity index (χ2v) is 7.15. The predicted molar refractivity (Wildman–Crippen MR) is 67.7 cm³/mol. The lowest BCUT2D eigenvalue weighted by Crippen LogP contribution is -2.49. The summed E-state index contributed by atoms with van der Waals surface area (Å²) < 4.78 is 16.0. The lowest BCUT2D eigenvalue weighted by molar-refractivity contribution is 0.225. The number of allylic oxidation sites excluding steroid dienone is 2. The van der Waals surface area contributed by atoms with E-state index in [2.05, 4.69) is 0 Å². The second kappa shape index (κ2) is 2.79. The summed E-state index contributed by atoms with van der Waals surface area (Å²) in [5.74, 6) is 0. The van der Waals surface area contributed by atoms with Gasteiger partial charge in [-0.2, -0.15) is 0 Å². The Bertz CT molecular complexity index is 698. The van der Waals surface area contributed by atoms with E-state index in [-0.39, 0.29) is 11.4 Å². The Hall–Kier alpha value is -1.37. The van der Waals surface area contributed by atoms with E-state index in [0.717, 1.165) is 14.4 Å². The van der Waals surface area contributed by atoms with E-state index in [1.807, 2.05) is 27.7 Å². The molecule has 98 valence electrons. The molecule has 0 fully saturated rings. The van der Waals surface area contributed by atoms with Crippen LogP contribution in [-0.2, 0) is 28.9 Å². The van der Waals surface area contributed by atoms with Crippen LogP contribution in [-0.4, -0.2) is 18.1 Å². The standard InChI is InChI=1S/C11H15N3O3S/c1-10(2)6-7(18(6)17)11(3,4)14-9(16)12(5)8(15)13(10)14/h1-5H3. The van der Waals surface area contributed by atoms with Crippen LogP contribution < -0.4 is 11.4 Å². The van der Waals surface area contributed by atoms with Gasteiger partial charge in [-0.25, -0.2) is 27.7 Å². The molecule has 0 aromatic carbocycles. The first-order chi connectivity index (χ1) is 8.13. The zero-order valence-electron chi connectivity index (χ0n) is 11.0. The Morgan fingerprint density at radius 3 is 1.56 bits per heavy atom. The largest absolute Gasteiger partial charge is 0.347 e. The van der Waals surface area contributed by atoms with Gasteiger partial charge in [0.25, 0.3) is 0 Å². The minimum Gasteiger partial charge on any atom is -0.249 e. The highest BCUT2D eigenvalue weighted by Gasteiger charge is 2.58. The third-order valence-electron chi connectivity index (χ3n) is 3.84. The molecule has 0 bridgehead atoms. The van der Waals surface area contributed by atoms with Gasteiger partial charge in [-0.05, 0) is 27.7 Å². The Morgan fingerprint density at radius 2 is 1.22 bits per heavy atom. The normalized spacial score (nSPS) is 23.8. The Morgan fingerprint density at radius 1 is 0.889 bits per heavy atom. The smallest absolute Gasteiger partial charge is 0.249 e. The van der Waals surface area contributed by atoms with Gasteiger partial charge in [0.15, 0.2) is 0 Å². The van der Waals surface area contributed by atoms with Crippen LogP contribution in [0.4, 0.5) is 0 Å². The fourth-order valence-electron chi connectivity index (χ4n) is 2.85. The summed E-state index contributed by atoms with van der Waals surface area (Å²) in [7, 11) is 0.329. The molecule has 2 aliphatic rings. The zero-order chi connectivity index (χ0) is 13.6. The third-order valence-corrected chi connectivity index (χ3v) is 5.79. The summed E-state index contributed by atoms with van der Waals surface area (Å²) in [6.45, 7) is 7.28. The molecule has 2 aliphatic heterocycles.